The van der Waals surface area contributed by atoms with E-state index in [-0.39, 0.29) is 12.0 Å². The van der Waals surface area contributed by atoms with Crippen molar-refractivity contribution < 1.29 is 9.53 Å². The Kier molecular flexibility index (Phi) is 6.66. The molecule has 1 aromatic rings. The number of aromatic nitrogens is 2. The molecular weight excluding hydrogens is 342 g/mol. The molecule has 2 fully saturated rings. The first-order valence-corrected chi connectivity index (χ1v) is 11.1. The second kappa shape index (κ2) is 8.94. The van der Waals surface area contributed by atoms with Gasteiger partial charge in [0.05, 0.1) is 12.2 Å². The van der Waals surface area contributed by atoms with E-state index in [9.17, 15) is 4.79 Å². The lowest BCUT2D eigenvalue weighted by molar-refractivity contribution is -0.130. The highest BCUT2D eigenvalue weighted by Crippen LogP contribution is 2.39. The van der Waals surface area contributed by atoms with Crippen LogP contribution >= 0.6 is 21.6 Å². The molecule has 0 radical (unpaired) electrons. The van der Waals surface area contributed by atoms with E-state index >= 15 is 0 Å². The molecule has 2 unspecified atom stereocenters. The Balaban J connectivity index is 1.33. The summed E-state index contributed by atoms with van der Waals surface area (Å²) in [5.41, 5.74) is 0.875. The molecule has 5 nitrogen and oxygen atoms in total. The fourth-order valence-electron chi connectivity index (χ4n) is 3.04. The van der Waals surface area contributed by atoms with E-state index in [0.717, 1.165) is 36.8 Å². The lowest BCUT2D eigenvalue weighted by atomic mass is 10.1. The normalized spacial score (nSPS) is 23.6. The van der Waals surface area contributed by atoms with Crippen LogP contribution in [0.2, 0.25) is 0 Å². The van der Waals surface area contributed by atoms with Gasteiger partial charge in [0.2, 0.25) is 11.8 Å². The first-order chi connectivity index (χ1) is 11.7. The number of nitrogens with zero attached hydrogens (tertiary/aromatic N) is 3. The van der Waals surface area contributed by atoms with Gasteiger partial charge in [0.25, 0.3) is 0 Å². The van der Waals surface area contributed by atoms with Gasteiger partial charge in [-0.2, -0.15) is 5.10 Å². The minimum absolute atomic E-state index is 0.0397. The molecule has 1 aromatic heterocycles. The van der Waals surface area contributed by atoms with Crippen LogP contribution in [-0.2, 0) is 4.79 Å². The summed E-state index contributed by atoms with van der Waals surface area (Å²) in [6.07, 6.45) is 6.33. The minimum atomic E-state index is 0.0397. The fraction of sp³-hybridized carbons (Fsp3) is 0.706. The monoisotopic (exact) mass is 367 g/mol. The van der Waals surface area contributed by atoms with Crippen LogP contribution in [0.5, 0.6) is 5.88 Å². The minimum Gasteiger partial charge on any atom is -0.471 e. The van der Waals surface area contributed by atoms with Gasteiger partial charge in [-0.1, -0.05) is 28.0 Å². The molecule has 2 atom stereocenters. The topological polar surface area (TPSA) is 55.3 Å². The Hall–Kier alpha value is -0.950. The number of unbranched alkanes of at least 4 members (excludes halogenated alkanes) is 1. The number of aryl methyl sites for hydroxylation is 1. The lowest BCUT2D eigenvalue weighted by Gasteiger charge is -2.17. The highest BCUT2D eigenvalue weighted by atomic mass is 33.1. The zero-order valence-corrected chi connectivity index (χ0v) is 15.8. The number of carbonyl (C=O) groups is 1. The van der Waals surface area contributed by atoms with Crippen molar-refractivity contribution in [2.75, 3.05) is 18.8 Å². The second-order valence-corrected chi connectivity index (χ2v) is 9.24. The highest BCUT2D eigenvalue weighted by Gasteiger charge is 2.27. The SMILES string of the molecule is Cc1ccc(OC2CCN(C(=O)CCCCC3CCSS3)C2)nn1. The fourth-order valence-corrected chi connectivity index (χ4v) is 6.07. The molecule has 2 aliphatic heterocycles. The number of likely N-dealkylation sites (tertiary alicyclic amines) is 1. The highest BCUT2D eigenvalue weighted by molar-refractivity contribution is 8.77. The van der Waals surface area contributed by atoms with Crippen molar-refractivity contribution in [3.8, 4) is 5.88 Å². The molecule has 0 saturated carbocycles. The molecular formula is C17H25N3O2S2. The molecule has 24 heavy (non-hydrogen) atoms. The van der Waals surface area contributed by atoms with Crippen molar-refractivity contribution in [1.29, 1.82) is 0 Å². The molecule has 2 saturated heterocycles. The summed E-state index contributed by atoms with van der Waals surface area (Å²) < 4.78 is 5.83. The number of hydrogen-bond donors (Lipinski definition) is 0. The van der Waals surface area contributed by atoms with Crippen LogP contribution in [0.4, 0.5) is 0 Å². The molecule has 0 bridgehead atoms. The summed E-state index contributed by atoms with van der Waals surface area (Å²) in [6.45, 7) is 3.36. The Morgan fingerprint density at radius 2 is 2.25 bits per heavy atom. The molecule has 0 spiro atoms. The van der Waals surface area contributed by atoms with Crippen molar-refractivity contribution in [3.05, 3.63) is 17.8 Å². The molecule has 7 heteroatoms. The largest absolute Gasteiger partial charge is 0.471 e. The van der Waals surface area contributed by atoms with Gasteiger partial charge < -0.3 is 9.64 Å². The van der Waals surface area contributed by atoms with Gasteiger partial charge in [-0.15, -0.1) is 5.10 Å². The zero-order chi connectivity index (χ0) is 16.8. The Morgan fingerprint density at radius 3 is 3.00 bits per heavy atom. The van der Waals surface area contributed by atoms with Gasteiger partial charge >= 0.3 is 0 Å². The Morgan fingerprint density at radius 1 is 1.33 bits per heavy atom. The third-order valence-corrected chi connectivity index (χ3v) is 7.46. The van der Waals surface area contributed by atoms with E-state index < -0.39 is 0 Å². The lowest BCUT2D eigenvalue weighted by Crippen LogP contribution is -2.30. The molecule has 3 heterocycles. The van der Waals surface area contributed by atoms with Crippen LogP contribution in [0.1, 0.15) is 44.2 Å². The van der Waals surface area contributed by atoms with E-state index in [0.29, 0.717) is 18.8 Å². The number of ether oxygens (including phenoxy) is 1. The van der Waals surface area contributed by atoms with Crippen LogP contribution in [0, 0.1) is 6.92 Å². The number of carbonyl (C=O) groups excluding carboxylic acids is 1. The van der Waals surface area contributed by atoms with Gasteiger partial charge in [-0.25, -0.2) is 0 Å². The van der Waals surface area contributed by atoms with E-state index in [1.807, 2.05) is 45.5 Å². The first kappa shape index (κ1) is 17.9. The summed E-state index contributed by atoms with van der Waals surface area (Å²) in [7, 11) is 4.01. The van der Waals surface area contributed by atoms with Crippen LogP contribution in [0.15, 0.2) is 12.1 Å². The first-order valence-electron chi connectivity index (χ1n) is 8.74. The predicted octanol–water partition coefficient (Wildman–Crippen LogP) is 3.48. The molecule has 1 amide bonds. The van der Waals surface area contributed by atoms with Crippen LogP contribution in [0.25, 0.3) is 0 Å². The molecule has 0 N–H and O–H groups in total. The number of amides is 1. The standard InChI is InChI=1S/C17H25N3O2S2/c1-13-6-7-16(19-18-13)22-14-8-10-20(12-14)17(21)5-3-2-4-15-9-11-23-24-15/h6-7,14-15H,2-5,8-12H2,1H3. The smallest absolute Gasteiger partial charge is 0.233 e. The maximum absolute atomic E-state index is 12.3. The van der Waals surface area contributed by atoms with Crippen molar-refractivity contribution >= 4 is 27.5 Å². The van der Waals surface area contributed by atoms with Gasteiger partial charge in [0, 0.05) is 36.5 Å². The summed E-state index contributed by atoms with van der Waals surface area (Å²) in [4.78, 5) is 14.3. The van der Waals surface area contributed by atoms with Crippen LogP contribution < -0.4 is 4.74 Å². The molecule has 132 valence electrons. The summed E-state index contributed by atoms with van der Waals surface area (Å²) in [5, 5.41) is 8.84. The third kappa shape index (κ3) is 5.28. The predicted molar refractivity (Wildman–Crippen MR) is 99.3 cm³/mol. The average molecular weight is 368 g/mol. The van der Waals surface area contributed by atoms with E-state index in [1.165, 1.54) is 18.6 Å². The van der Waals surface area contributed by atoms with Crippen molar-refractivity contribution in [3.63, 3.8) is 0 Å². The van der Waals surface area contributed by atoms with Crippen LogP contribution in [-0.4, -0.2) is 51.2 Å². The summed E-state index contributed by atoms with van der Waals surface area (Å²) in [5.74, 6) is 2.10. The number of rotatable bonds is 7. The summed E-state index contributed by atoms with van der Waals surface area (Å²) >= 11 is 0. The second-order valence-electron chi connectivity index (χ2n) is 6.46. The molecule has 0 aromatic carbocycles. The van der Waals surface area contributed by atoms with Gasteiger partial charge in [0.1, 0.15) is 6.10 Å². The van der Waals surface area contributed by atoms with E-state index in [4.69, 9.17) is 4.74 Å². The summed E-state index contributed by atoms with van der Waals surface area (Å²) in [6, 6.07) is 3.73. The Labute approximate surface area is 151 Å². The molecule has 3 rings (SSSR count). The van der Waals surface area contributed by atoms with Gasteiger partial charge in [-0.05, 0) is 32.3 Å². The van der Waals surface area contributed by atoms with Crippen molar-refractivity contribution in [1.82, 2.24) is 15.1 Å². The molecule has 2 aliphatic rings. The Bertz CT molecular complexity index is 535. The maximum Gasteiger partial charge on any atom is 0.233 e. The quantitative estimate of drug-likeness (QED) is 0.543. The van der Waals surface area contributed by atoms with Gasteiger partial charge in [0.15, 0.2) is 0 Å². The van der Waals surface area contributed by atoms with Gasteiger partial charge in [-0.3, -0.25) is 4.79 Å². The maximum atomic E-state index is 12.3. The van der Waals surface area contributed by atoms with E-state index in [2.05, 4.69) is 10.2 Å². The van der Waals surface area contributed by atoms with E-state index in [1.54, 1.807) is 0 Å². The number of hydrogen-bond acceptors (Lipinski definition) is 6. The third-order valence-electron chi connectivity index (χ3n) is 4.45. The molecule has 0 aliphatic carbocycles. The van der Waals surface area contributed by atoms with Crippen LogP contribution in [0.3, 0.4) is 0 Å². The average Bonchev–Trinajstić information content (AvgIpc) is 3.25. The zero-order valence-electron chi connectivity index (χ0n) is 14.1. The van der Waals surface area contributed by atoms with Crippen molar-refractivity contribution in [2.45, 2.75) is 56.8 Å². The van der Waals surface area contributed by atoms with Crippen molar-refractivity contribution in [2.24, 2.45) is 0 Å².